The second-order valence-electron chi connectivity index (χ2n) is 8.04. The number of piperidine rings is 1. The minimum Gasteiger partial charge on any atom is -0.348 e. The number of nitrogens with one attached hydrogen (secondary N) is 4. The molecule has 0 radical (unpaired) electrons. The van der Waals surface area contributed by atoms with E-state index in [4.69, 9.17) is 0 Å². The monoisotopic (exact) mass is 496 g/mol. The number of alkyl halides is 3. The molecule has 4 N–H and O–H groups in total. The molecule has 0 spiro atoms. The van der Waals surface area contributed by atoms with E-state index in [1.165, 1.54) is 18.3 Å². The molecule has 1 amide bonds. The van der Waals surface area contributed by atoms with E-state index in [-0.39, 0.29) is 30.3 Å². The van der Waals surface area contributed by atoms with Crippen LogP contribution in [-0.4, -0.2) is 66.6 Å². The summed E-state index contributed by atoms with van der Waals surface area (Å²) in [5.74, 6) is -0.348. The second kappa shape index (κ2) is 9.68. The number of pyridine rings is 1. The van der Waals surface area contributed by atoms with Gasteiger partial charge in [0.25, 0.3) is 5.91 Å². The number of aromatic amines is 1. The second-order valence-corrected chi connectivity index (χ2v) is 10.2. The van der Waals surface area contributed by atoms with Crippen molar-refractivity contribution in [3.8, 4) is 0 Å². The summed E-state index contributed by atoms with van der Waals surface area (Å²) in [7, 11) is -3.88. The molecule has 1 aliphatic heterocycles. The van der Waals surface area contributed by atoms with E-state index in [0.717, 1.165) is 0 Å². The molecule has 0 aliphatic carbocycles. The van der Waals surface area contributed by atoms with Gasteiger partial charge in [0.15, 0.2) is 15.5 Å². The smallest absolute Gasteiger partial charge is 0.348 e. The quantitative estimate of drug-likeness (QED) is 0.391. The van der Waals surface area contributed by atoms with Gasteiger partial charge in [-0.1, -0.05) is 12.1 Å². The summed E-state index contributed by atoms with van der Waals surface area (Å²) in [6, 6.07) is 6.79. The number of amides is 1. The first-order chi connectivity index (χ1) is 16.1. The molecule has 3 heterocycles. The topological polar surface area (TPSA) is 129 Å². The van der Waals surface area contributed by atoms with E-state index in [1.54, 1.807) is 24.4 Å². The lowest BCUT2D eigenvalue weighted by Crippen LogP contribution is -2.55. The van der Waals surface area contributed by atoms with Crippen molar-refractivity contribution in [1.82, 2.24) is 31.1 Å². The Morgan fingerprint density at radius 2 is 1.94 bits per heavy atom. The number of hydrogen-bond donors (Lipinski definition) is 4. The molecule has 182 valence electrons. The minimum absolute atomic E-state index is 0.0182. The molecule has 9 nitrogen and oxygen atoms in total. The number of nitrogens with zero attached hydrogens (tertiary/aromatic N) is 2. The fourth-order valence-electron chi connectivity index (χ4n) is 3.85. The lowest BCUT2D eigenvalue weighted by atomic mass is 10.1. The zero-order valence-electron chi connectivity index (χ0n) is 17.9. The first-order valence-electron chi connectivity index (χ1n) is 10.5. The van der Waals surface area contributed by atoms with Crippen LogP contribution in [0.1, 0.15) is 22.3 Å². The van der Waals surface area contributed by atoms with E-state index >= 15 is 0 Å². The van der Waals surface area contributed by atoms with Crippen LogP contribution in [0, 0.1) is 0 Å². The number of H-pyrrole nitrogens is 1. The summed E-state index contributed by atoms with van der Waals surface area (Å²) in [5.41, 5.74) is 1.59. The van der Waals surface area contributed by atoms with Gasteiger partial charge < -0.3 is 16.0 Å². The fourth-order valence-corrected chi connectivity index (χ4v) is 5.72. The van der Waals surface area contributed by atoms with Gasteiger partial charge in [0, 0.05) is 30.7 Å². The molecule has 3 aromatic rings. The highest BCUT2D eigenvalue weighted by Crippen LogP contribution is 2.23. The lowest BCUT2D eigenvalue weighted by Gasteiger charge is -2.32. The first kappa shape index (κ1) is 24.1. The Morgan fingerprint density at radius 1 is 1.18 bits per heavy atom. The van der Waals surface area contributed by atoms with E-state index in [1.807, 2.05) is 0 Å². The van der Waals surface area contributed by atoms with Crippen LogP contribution < -0.4 is 16.0 Å². The van der Waals surface area contributed by atoms with Crippen molar-refractivity contribution in [2.24, 2.45) is 0 Å². The van der Waals surface area contributed by atoms with Crippen molar-refractivity contribution in [3.05, 3.63) is 53.9 Å². The predicted molar refractivity (Wildman–Crippen MR) is 118 cm³/mol. The third kappa shape index (κ3) is 5.54. The molecule has 4 rings (SSSR count). The summed E-state index contributed by atoms with van der Waals surface area (Å²) in [4.78, 5) is 16.5. The largest absolute Gasteiger partial charge is 0.401 e. The number of rotatable bonds is 7. The number of aromatic nitrogens is 3. The molecule has 1 aliphatic rings. The first-order valence-corrected chi connectivity index (χ1v) is 12.1. The summed E-state index contributed by atoms with van der Waals surface area (Å²) in [6.07, 6.45) is -1.18. The van der Waals surface area contributed by atoms with Crippen LogP contribution >= 0.6 is 0 Å². The normalized spacial score (nSPS) is 19.3. The van der Waals surface area contributed by atoms with Crippen LogP contribution in [0.3, 0.4) is 0 Å². The van der Waals surface area contributed by atoms with Crippen LogP contribution in [0.5, 0.6) is 0 Å². The molecule has 1 fully saturated rings. The third-order valence-corrected chi connectivity index (χ3v) is 7.87. The number of carbonyl (C=O) groups is 1. The molecule has 13 heteroatoms. The average molecular weight is 497 g/mol. The van der Waals surface area contributed by atoms with Crippen LogP contribution in [0.2, 0.25) is 0 Å². The molecule has 2 unspecified atom stereocenters. The molecule has 1 saturated heterocycles. The van der Waals surface area contributed by atoms with E-state index < -0.39 is 33.9 Å². The van der Waals surface area contributed by atoms with E-state index in [0.29, 0.717) is 28.7 Å². The van der Waals surface area contributed by atoms with Gasteiger partial charge in [-0.2, -0.15) is 18.3 Å². The van der Waals surface area contributed by atoms with Gasteiger partial charge in [-0.25, -0.2) is 13.4 Å². The van der Waals surface area contributed by atoms with Gasteiger partial charge >= 0.3 is 6.18 Å². The Labute approximate surface area is 193 Å². The van der Waals surface area contributed by atoms with Crippen molar-refractivity contribution >= 4 is 26.8 Å². The van der Waals surface area contributed by atoms with Crippen molar-refractivity contribution in [3.63, 3.8) is 0 Å². The summed E-state index contributed by atoms with van der Waals surface area (Å²) < 4.78 is 64.1. The number of carbonyl (C=O) groups excluding carboxylic acids is 1. The van der Waals surface area contributed by atoms with Gasteiger partial charge in [-0.05, 0) is 36.7 Å². The number of benzene rings is 1. The molecular weight excluding hydrogens is 473 g/mol. The van der Waals surface area contributed by atoms with Gasteiger partial charge in [0.05, 0.1) is 28.5 Å². The van der Waals surface area contributed by atoms with Crippen molar-refractivity contribution < 1.29 is 26.4 Å². The summed E-state index contributed by atoms with van der Waals surface area (Å²) in [5, 5.41) is 14.3. The number of halogens is 3. The van der Waals surface area contributed by atoms with Crippen LogP contribution in [0.25, 0.3) is 11.0 Å². The summed E-state index contributed by atoms with van der Waals surface area (Å²) >= 11 is 0. The van der Waals surface area contributed by atoms with Crippen molar-refractivity contribution in [1.29, 1.82) is 0 Å². The van der Waals surface area contributed by atoms with E-state index in [9.17, 15) is 26.4 Å². The molecule has 0 bridgehead atoms. The third-order valence-electron chi connectivity index (χ3n) is 5.65. The lowest BCUT2D eigenvalue weighted by molar-refractivity contribution is -0.126. The molecule has 1 aromatic carbocycles. The van der Waals surface area contributed by atoms with Crippen LogP contribution in [0.15, 0.2) is 47.6 Å². The van der Waals surface area contributed by atoms with Crippen molar-refractivity contribution in [2.75, 3.05) is 19.6 Å². The van der Waals surface area contributed by atoms with E-state index in [2.05, 4.69) is 31.1 Å². The Kier molecular flexibility index (Phi) is 6.86. The minimum atomic E-state index is -4.42. The molecule has 2 atom stereocenters. The zero-order chi connectivity index (χ0) is 24.3. The molecular formula is C21H23F3N6O3S. The van der Waals surface area contributed by atoms with Gasteiger partial charge in [0.1, 0.15) is 0 Å². The highest BCUT2D eigenvalue weighted by molar-refractivity contribution is 7.92. The van der Waals surface area contributed by atoms with Gasteiger partial charge in [-0.15, -0.1) is 0 Å². The summed E-state index contributed by atoms with van der Waals surface area (Å²) in [6.45, 7) is -0.595. The number of fused-ring (bicyclic) bond motifs is 1. The molecule has 2 aromatic heterocycles. The average Bonchev–Trinajstić information content (AvgIpc) is 3.29. The van der Waals surface area contributed by atoms with Crippen LogP contribution in [-0.2, 0) is 16.4 Å². The standard InChI is InChI=1S/C21H23F3N6O3S/c22-21(23,24)12-28-17-5-6-25-11-18(17)34(32,33)16-3-1-13(2-4-16)8-27-20(31)15-7-14-10-29-30-19(14)26-9-15/h1-4,7,9-10,17-18,25,28H,5-6,8,11-12H2,(H,27,31)(H,26,29,30). The SMILES string of the molecule is O=C(NCc1ccc(S(=O)(=O)C2CNCCC2NCC(F)(F)F)cc1)c1cnc2[nH]ncc2c1. The van der Waals surface area contributed by atoms with Gasteiger partial charge in [0.2, 0.25) is 0 Å². The Morgan fingerprint density at radius 3 is 2.68 bits per heavy atom. The highest BCUT2D eigenvalue weighted by atomic mass is 32.2. The number of sulfone groups is 1. The van der Waals surface area contributed by atoms with Crippen molar-refractivity contribution in [2.45, 2.75) is 35.3 Å². The highest BCUT2D eigenvalue weighted by Gasteiger charge is 2.38. The Bertz CT molecular complexity index is 1260. The fraction of sp³-hybridized carbons (Fsp3) is 0.381. The number of hydrogen-bond acceptors (Lipinski definition) is 7. The predicted octanol–water partition coefficient (Wildman–Crippen LogP) is 1.54. The Hall–Kier alpha value is -3.03. The maximum absolute atomic E-state index is 13.1. The maximum Gasteiger partial charge on any atom is 0.401 e. The van der Waals surface area contributed by atoms with Crippen LogP contribution in [0.4, 0.5) is 13.2 Å². The molecule has 0 saturated carbocycles. The molecule has 34 heavy (non-hydrogen) atoms. The maximum atomic E-state index is 13.1. The van der Waals surface area contributed by atoms with Gasteiger partial charge in [-0.3, -0.25) is 9.89 Å². The zero-order valence-corrected chi connectivity index (χ0v) is 18.7. The Balaban J connectivity index is 1.40.